The van der Waals surface area contributed by atoms with Crippen LogP contribution in [0.1, 0.15) is 25.3 Å². The molecule has 0 saturated carbocycles. The maximum absolute atomic E-state index is 12.2. The first kappa shape index (κ1) is 15.9. The van der Waals surface area contributed by atoms with E-state index in [1.165, 1.54) is 0 Å². The number of carbonyl (C=O) groups is 1. The van der Waals surface area contributed by atoms with Crippen molar-refractivity contribution in [1.29, 1.82) is 0 Å². The first-order chi connectivity index (χ1) is 11.2. The van der Waals surface area contributed by atoms with E-state index < -0.39 is 0 Å². The van der Waals surface area contributed by atoms with Gasteiger partial charge in [-0.25, -0.2) is 4.79 Å². The Labute approximate surface area is 136 Å². The first-order valence-corrected chi connectivity index (χ1v) is 8.14. The summed E-state index contributed by atoms with van der Waals surface area (Å²) < 4.78 is 16.7. The average Bonchev–Trinajstić information content (AvgIpc) is 3.08. The lowest BCUT2D eigenvalue weighted by Gasteiger charge is -2.28. The van der Waals surface area contributed by atoms with Gasteiger partial charge in [0, 0.05) is 12.2 Å². The number of hydrogen-bond donors (Lipinski definition) is 2. The van der Waals surface area contributed by atoms with Crippen LogP contribution < -0.4 is 20.1 Å². The number of fused-ring (bicyclic) bond motifs is 1. The maximum atomic E-state index is 12.2. The summed E-state index contributed by atoms with van der Waals surface area (Å²) >= 11 is 0. The van der Waals surface area contributed by atoms with Gasteiger partial charge in [0.15, 0.2) is 11.5 Å². The lowest BCUT2D eigenvalue weighted by Crippen LogP contribution is -2.51. The van der Waals surface area contributed by atoms with Crippen LogP contribution in [0.5, 0.6) is 11.5 Å². The van der Waals surface area contributed by atoms with Crippen molar-refractivity contribution in [3.63, 3.8) is 0 Å². The lowest BCUT2D eigenvalue weighted by molar-refractivity contribution is 0.0856. The number of para-hydroxylation sites is 1. The van der Waals surface area contributed by atoms with Crippen LogP contribution in [0.3, 0.4) is 0 Å². The van der Waals surface area contributed by atoms with Gasteiger partial charge in [-0.3, -0.25) is 0 Å². The summed E-state index contributed by atoms with van der Waals surface area (Å²) in [5, 5.41) is 5.94. The summed E-state index contributed by atoms with van der Waals surface area (Å²) in [5.74, 6) is 1.51. The van der Waals surface area contributed by atoms with Crippen molar-refractivity contribution in [3.8, 4) is 11.5 Å². The molecule has 1 aromatic rings. The molecule has 3 atom stereocenters. The van der Waals surface area contributed by atoms with E-state index in [0.29, 0.717) is 6.61 Å². The Bertz CT molecular complexity index is 558. The second-order valence-corrected chi connectivity index (χ2v) is 6.12. The molecule has 126 valence electrons. The van der Waals surface area contributed by atoms with E-state index in [0.717, 1.165) is 42.9 Å². The van der Waals surface area contributed by atoms with E-state index in [1.807, 2.05) is 25.1 Å². The number of benzene rings is 1. The third-order valence-corrected chi connectivity index (χ3v) is 4.39. The van der Waals surface area contributed by atoms with Gasteiger partial charge in [-0.1, -0.05) is 12.1 Å². The zero-order valence-electron chi connectivity index (χ0n) is 13.6. The van der Waals surface area contributed by atoms with Crippen molar-refractivity contribution in [2.75, 3.05) is 20.3 Å². The molecule has 0 unspecified atom stereocenters. The fourth-order valence-electron chi connectivity index (χ4n) is 3.17. The standard InChI is InChI=1S/C17H24N2O4/c1-11(14-7-4-8-22-14)18-17(20)19-13-9-12-5-3-6-15(21-2)16(12)23-10-13/h3,5-6,11,13-14H,4,7-10H2,1-2H3,(H2,18,19,20)/t11-,13-,14-/m1/s1. The van der Waals surface area contributed by atoms with Crippen LogP contribution in [0.4, 0.5) is 4.79 Å². The number of rotatable bonds is 4. The number of carbonyl (C=O) groups excluding carboxylic acids is 1. The van der Waals surface area contributed by atoms with Gasteiger partial charge < -0.3 is 24.8 Å². The summed E-state index contributed by atoms with van der Waals surface area (Å²) in [6.07, 6.45) is 2.91. The number of amides is 2. The molecule has 2 N–H and O–H groups in total. The van der Waals surface area contributed by atoms with Crippen LogP contribution in [0, 0.1) is 0 Å². The minimum atomic E-state index is -0.173. The van der Waals surface area contributed by atoms with Gasteiger partial charge in [0.25, 0.3) is 0 Å². The number of nitrogens with one attached hydrogen (secondary N) is 2. The molecule has 2 aliphatic heterocycles. The molecule has 1 fully saturated rings. The summed E-state index contributed by atoms with van der Waals surface area (Å²) in [6, 6.07) is 5.60. The summed E-state index contributed by atoms with van der Waals surface area (Å²) in [7, 11) is 1.63. The lowest BCUT2D eigenvalue weighted by atomic mass is 10.0. The molecule has 2 heterocycles. The fraction of sp³-hybridized carbons (Fsp3) is 0.588. The maximum Gasteiger partial charge on any atom is 0.315 e. The van der Waals surface area contributed by atoms with E-state index in [1.54, 1.807) is 7.11 Å². The predicted molar refractivity (Wildman–Crippen MR) is 86.1 cm³/mol. The molecule has 0 aromatic heterocycles. The molecule has 23 heavy (non-hydrogen) atoms. The topological polar surface area (TPSA) is 68.8 Å². The molecule has 0 radical (unpaired) electrons. The predicted octanol–water partition coefficient (Wildman–Crippen LogP) is 1.87. The van der Waals surface area contributed by atoms with Crippen LogP contribution in [0.15, 0.2) is 18.2 Å². The monoisotopic (exact) mass is 320 g/mol. The summed E-state index contributed by atoms with van der Waals surface area (Å²) in [6.45, 7) is 3.20. The van der Waals surface area contributed by atoms with Gasteiger partial charge in [0.05, 0.1) is 25.3 Å². The first-order valence-electron chi connectivity index (χ1n) is 8.14. The molecule has 6 heteroatoms. The Morgan fingerprint density at radius 1 is 1.43 bits per heavy atom. The van der Waals surface area contributed by atoms with Crippen molar-refractivity contribution < 1.29 is 19.0 Å². The van der Waals surface area contributed by atoms with Crippen molar-refractivity contribution in [2.24, 2.45) is 0 Å². The Balaban J connectivity index is 1.53. The van der Waals surface area contributed by atoms with E-state index >= 15 is 0 Å². The summed E-state index contributed by atoms with van der Waals surface area (Å²) in [5.41, 5.74) is 1.05. The minimum Gasteiger partial charge on any atom is -0.493 e. The van der Waals surface area contributed by atoms with Crippen LogP contribution in [0.25, 0.3) is 0 Å². The molecule has 6 nitrogen and oxygen atoms in total. The molecule has 2 amide bonds. The van der Waals surface area contributed by atoms with Crippen molar-refractivity contribution >= 4 is 6.03 Å². The van der Waals surface area contributed by atoms with E-state index in [9.17, 15) is 4.79 Å². The zero-order valence-corrected chi connectivity index (χ0v) is 13.6. The van der Waals surface area contributed by atoms with Crippen LogP contribution in [-0.2, 0) is 11.2 Å². The largest absolute Gasteiger partial charge is 0.493 e. The Kier molecular flexibility index (Phi) is 4.91. The van der Waals surface area contributed by atoms with E-state index in [2.05, 4.69) is 10.6 Å². The van der Waals surface area contributed by atoms with Gasteiger partial charge in [-0.05, 0) is 32.3 Å². The van der Waals surface area contributed by atoms with Crippen LogP contribution in [0.2, 0.25) is 0 Å². The van der Waals surface area contributed by atoms with Gasteiger partial charge in [0.1, 0.15) is 6.61 Å². The van der Waals surface area contributed by atoms with Crippen molar-refractivity contribution in [3.05, 3.63) is 23.8 Å². The highest BCUT2D eigenvalue weighted by molar-refractivity contribution is 5.74. The molecule has 1 saturated heterocycles. The van der Waals surface area contributed by atoms with Crippen molar-refractivity contribution in [1.82, 2.24) is 10.6 Å². The smallest absolute Gasteiger partial charge is 0.315 e. The number of hydrogen-bond acceptors (Lipinski definition) is 4. The van der Waals surface area contributed by atoms with Gasteiger partial charge in [0.2, 0.25) is 0 Å². The molecule has 0 aliphatic carbocycles. The van der Waals surface area contributed by atoms with Crippen LogP contribution >= 0.6 is 0 Å². The molecule has 2 aliphatic rings. The normalized spacial score (nSPS) is 24.3. The minimum absolute atomic E-state index is 0.00869. The van der Waals surface area contributed by atoms with E-state index in [4.69, 9.17) is 14.2 Å². The molecule has 1 aromatic carbocycles. The molecular formula is C17H24N2O4. The Morgan fingerprint density at radius 2 is 2.30 bits per heavy atom. The molecule has 0 spiro atoms. The SMILES string of the molecule is COc1cccc2c1OC[C@H](NC(=O)N[C@H](C)[C@H]1CCCO1)C2. The number of urea groups is 1. The quantitative estimate of drug-likeness (QED) is 0.888. The second kappa shape index (κ2) is 7.08. The number of ether oxygens (including phenoxy) is 3. The highest BCUT2D eigenvalue weighted by atomic mass is 16.5. The second-order valence-electron chi connectivity index (χ2n) is 6.12. The highest BCUT2D eigenvalue weighted by Crippen LogP contribution is 2.34. The third-order valence-electron chi connectivity index (χ3n) is 4.39. The van der Waals surface area contributed by atoms with Gasteiger partial charge in [-0.15, -0.1) is 0 Å². The van der Waals surface area contributed by atoms with Crippen LogP contribution in [-0.4, -0.2) is 44.5 Å². The van der Waals surface area contributed by atoms with Gasteiger partial charge in [-0.2, -0.15) is 0 Å². The third kappa shape index (κ3) is 3.69. The van der Waals surface area contributed by atoms with Gasteiger partial charge >= 0.3 is 6.03 Å². The number of methoxy groups -OCH3 is 1. The zero-order chi connectivity index (χ0) is 16.2. The van der Waals surface area contributed by atoms with Crippen molar-refractivity contribution in [2.45, 2.75) is 44.4 Å². The fourth-order valence-corrected chi connectivity index (χ4v) is 3.17. The molecule has 3 rings (SSSR count). The summed E-state index contributed by atoms with van der Waals surface area (Å²) in [4.78, 5) is 12.2. The Morgan fingerprint density at radius 3 is 3.04 bits per heavy atom. The van der Waals surface area contributed by atoms with E-state index in [-0.39, 0.29) is 24.2 Å². The highest BCUT2D eigenvalue weighted by Gasteiger charge is 2.26. The average molecular weight is 320 g/mol. The molecule has 0 bridgehead atoms. The Hall–Kier alpha value is -1.95. The molecular weight excluding hydrogens is 296 g/mol.